The quantitative estimate of drug-likeness (QED) is 0.280. The van der Waals surface area contributed by atoms with Gasteiger partial charge in [0.1, 0.15) is 5.76 Å². The maximum Gasteiger partial charge on any atom is 0.357 e. The number of benzene rings is 2. The van der Waals surface area contributed by atoms with Crippen LogP contribution in [-0.4, -0.2) is 90.7 Å². The fourth-order valence-electron chi connectivity index (χ4n) is 8.22. The number of hydrogen-bond acceptors (Lipinski definition) is 12. The first kappa shape index (κ1) is 33.1. The van der Waals surface area contributed by atoms with Crippen molar-refractivity contribution < 1.29 is 52.7 Å². The minimum absolute atomic E-state index is 0.0976. The number of likely N-dealkylation sites (N-methyl/N-ethyl adjacent to an activating group) is 1. The van der Waals surface area contributed by atoms with Crippen LogP contribution in [0.1, 0.15) is 62.3 Å². The van der Waals surface area contributed by atoms with Crippen LogP contribution in [0.3, 0.4) is 0 Å². The Balaban J connectivity index is 1.07. The molecule has 49 heavy (non-hydrogen) atoms. The molecule has 1 amide bonds. The summed E-state index contributed by atoms with van der Waals surface area (Å²) in [4.78, 5) is 53.5. The summed E-state index contributed by atoms with van der Waals surface area (Å²) in [6.45, 7) is 3.76. The van der Waals surface area contributed by atoms with Crippen LogP contribution in [0, 0.1) is 0 Å². The molecule has 0 saturated carbocycles. The average Bonchev–Trinajstić information content (AvgIpc) is 3.55. The molecule has 2 aliphatic carbocycles. The number of rotatable bonds is 10. The lowest BCUT2D eigenvalue weighted by Gasteiger charge is -2.61. The number of hydrogen-bond donors (Lipinski definition) is 2. The largest absolute Gasteiger partial charge is 0.493 e. The van der Waals surface area contributed by atoms with Crippen molar-refractivity contribution in [1.82, 2.24) is 10.2 Å². The van der Waals surface area contributed by atoms with Crippen LogP contribution < -0.4 is 14.8 Å². The molecule has 7 rings (SSSR count). The molecular formula is C36H40N2O11. The molecule has 0 unspecified atom stereocenters. The summed E-state index contributed by atoms with van der Waals surface area (Å²) < 4.78 is 34.5. The molecular weight excluding hydrogens is 636 g/mol. The molecule has 3 aliphatic heterocycles. The van der Waals surface area contributed by atoms with Gasteiger partial charge < -0.3 is 43.7 Å². The van der Waals surface area contributed by atoms with Gasteiger partial charge in [0.2, 0.25) is 17.8 Å². The molecule has 2 saturated heterocycles. The van der Waals surface area contributed by atoms with Gasteiger partial charge in [0, 0.05) is 44.0 Å². The number of likely N-dealkylation sites (tertiary alicyclic amines) is 1. The third-order valence-electron chi connectivity index (χ3n) is 10.4. The van der Waals surface area contributed by atoms with Crippen molar-refractivity contribution in [3.8, 4) is 11.5 Å². The van der Waals surface area contributed by atoms with Crippen molar-refractivity contribution in [3.63, 3.8) is 0 Å². The Kier molecular flexibility index (Phi) is 8.19. The SMILES string of the molecule is COc1ccc2c3c1O[C@H]1C(OC(=O)[C@H](OC(=O)CCNC(=O)C[C@@H]4OC(C)(C)OC4=O)c4ccccc4)=CC[C@@]4(O)[C@H](C2)N(C)CC[C@]314. The standard InChI is InChI=1S/C36H40N2O11/c1-34(2)48-24(32(41)49-34)19-26(39)37-16-13-27(40)46-29(20-8-6-5-7-9-20)33(42)45-23-12-14-36(43)25-18-21-10-11-22(44-4)30-28(21)35(36,31(23)47-30)15-17-38(25)3/h5-12,24-25,29,31,43H,13-19H2,1-4H3,(H,37,39)/t24-,25-,29+,31-,35-,36+/m0/s1. The minimum atomic E-state index is -1.42. The van der Waals surface area contributed by atoms with Gasteiger partial charge >= 0.3 is 17.9 Å². The first-order valence-electron chi connectivity index (χ1n) is 16.5. The summed E-state index contributed by atoms with van der Waals surface area (Å²) in [6.07, 6.45) is -0.631. The molecule has 5 aliphatic rings. The lowest BCUT2D eigenvalue weighted by Crippen LogP contribution is -2.74. The summed E-state index contributed by atoms with van der Waals surface area (Å²) >= 11 is 0. The smallest absolute Gasteiger partial charge is 0.357 e. The van der Waals surface area contributed by atoms with Gasteiger partial charge in [-0.1, -0.05) is 36.4 Å². The van der Waals surface area contributed by atoms with Gasteiger partial charge in [-0.05, 0) is 44.1 Å². The number of methoxy groups -OCH3 is 1. The summed E-state index contributed by atoms with van der Waals surface area (Å²) in [5.74, 6) is -2.51. The van der Waals surface area contributed by atoms with Crippen molar-refractivity contribution in [2.45, 2.75) is 87.1 Å². The number of amides is 1. The number of nitrogens with zero attached hydrogens (tertiary/aromatic N) is 1. The number of esters is 3. The molecule has 3 heterocycles. The van der Waals surface area contributed by atoms with E-state index in [1.165, 1.54) is 0 Å². The van der Waals surface area contributed by atoms with Gasteiger partial charge in [-0.25, -0.2) is 9.59 Å². The van der Waals surface area contributed by atoms with E-state index in [0.717, 1.165) is 11.1 Å². The number of ether oxygens (including phenoxy) is 6. The average molecular weight is 677 g/mol. The second-order valence-electron chi connectivity index (χ2n) is 13.7. The lowest BCUT2D eigenvalue weighted by molar-refractivity contribution is -0.176. The molecule has 0 aromatic heterocycles. The molecule has 6 atom stereocenters. The highest BCUT2D eigenvalue weighted by molar-refractivity contribution is 5.86. The highest BCUT2D eigenvalue weighted by Gasteiger charge is 2.72. The minimum Gasteiger partial charge on any atom is -0.493 e. The molecule has 2 bridgehead atoms. The second-order valence-corrected chi connectivity index (χ2v) is 13.7. The summed E-state index contributed by atoms with van der Waals surface area (Å²) in [5.41, 5.74) is 0.306. The Bertz CT molecular complexity index is 1720. The van der Waals surface area contributed by atoms with Crippen molar-refractivity contribution in [1.29, 1.82) is 0 Å². The maximum absolute atomic E-state index is 13.9. The lowest BCUT2D eigenvalue weighted by atomic mass is 9.50. The van der Waals surface area contributed by atoms with E-state index < -0.39 is 58.9 Å². The van der Waals surface area contributed by atoms with E-state index in [4.69, 9.17) is 28.4 Å². The Hall–Kier alpha value is -4.46. The zero-order valence-corrected chi connectivity index (χ0v) is 27.9. The van der Waals surface area contributed by atoms with E-state index in [1.54, 1.807) is 57.4 Å². The van der Waals surface area contributed by atoms with E-state index in [0.29, 0.717) is 36.4 Å². The zero-order chi connectivity index (χ0) is 34.7. The molecule has 2 N–H and O–H groups in total. The number of cyclic esters (lactones) is 1. The van der Waals surface area contributed by atoms with Crippen LogP contribution in [0.4, 0.5) is 0 Å². The van der Waals surface area contributed by atoms with Crippen LogP contribution in [0.2, 0.25) is 0 Å². The number of carbonyl (C=O) groups excluding carboxylic acids is 4. The van der Waals surface area contributed by atoms with Gasteiger partial charge in [-0.3, -0.25) is 9.59 Å². The predicted octanol–water partition coefficient (Wildman–Crippen LogP) is 2.38. The summed E-state index contributed by atoms with van der Waals surface area (Å²) in [6, 6.07) is 12.2. The fraction of sp³-hybridized carbons (Fsp3) is 0.500. The fourth-order valence-corrected chi connectivity index (χ4v) is 8.22. The van der Waals surface area contributed by atoms with Crippen LogP contribution in [0.25, 0.3) is 0 Å². The Morgan fingerprint density at radius 1 is 1.14 bits per heavy atom. The van der Waals surface area contributed by atoms with E-state index in [2.05, 4.69) is 10.2 Å². The molecule has 260 valence electrons. The molecule has 2 fully saturated rings. The summed E-state index contributed by atoms with van der Waals surface area (Å²) in [5, 5.41) is 15.0. The van der Waals surface area contributed by atoms with Gasteiger partial charge in [-0.15, -0.1) is 0 Å². The van der Waals surface area contributed by atoms with Crippen molar-refractivity contribution in [2.24, 2.45) is 0 Å². The Labute approximate surface area is 283 Å². The van der Waals surface area contributed by atoms with E-state index in [9.17, 15) is 24.3 Å². The number of carbonyl (C=O) groups is 4. The highest BCUT2D eigenvalue weighted by Crippen LogP contribution is 2.65. The first-order chi connectivity index (χ1) is 23.4. The van der Waals surface area contributed by atoms with Crippen LogP contribution >= 0.6 is 0 Å². The Morgan fingerprint density at radius 2 is 1.92 bits per heavy atom. The van der Waals surface area contributed by atoms with Gasteiger partial charge in [0.05, 0.1) is 31.0 Å². The Morgan fingerprint density at radius 3 is 2.63 bits per heavy atom. The normalized spacial score (nSPS) is 29.4. The molecule has 0 radical (unpaired) electrons. The third kappa shape index (κ3) is 5.44. The van der Waals surface area contributed by atoms with Gasteiger partial charge in [0.25, 0.3) is 0 Å². The van der Waals surface area contributed by atoms with Crippen LogP contribution in [0.5, 0.6) is 11.5 Å². The first-order valence-corrected chi connectivity index (χ1v) is 16.5. The number of aliphatic hydroxyl groups is 1. The number of piperidine rings is 1. The molecule has 1 spiro atoms. The topological polar surface area (TPSA) is 159 Å². The molecule has 13 nitrogen and oxygen atoms in total. The molecule has 2 aromatic rings. The maximum atomic E-state index is 13.9. The predicted molar refractivity (Wildman–Crippen MR) is 170 cm³/mol. The number of nitrogens with one attached hydrogen (secondary N) is 1. The molecule has 13 heteroatoms. The van der Waals surface area contributed by atoms with Crippen molar-refractivity contribution in [2.75, 3.05) is 27.2 Å². The van der Waals surface area contributed by atoms with Gasteiger partial charge in [-0.2, -0.15) is 0 Å². The summed E-state index contributed by atoms with van der Waals surface area (Å²) in [7, 11) is 3.58. The monoisotopic (exact) mass is 676 g/mol. The van der Waals surface area contributed by atoms with E-state index in [-0.39, 0.29) is 37.6 Å². The zero-order valence-electron chi connectivity index (χ0n) is 27.9. The van der Waals surface area contributed by atoms with E-state index in [1.807, 2.05) is 19.2 Å². The van der Waals surface area contributed by atoms with E-state index >= 15 is 0 Å². The molecule has 2 aromatic carbocycles. The highest BCUT2D eigenvalue weighted by atomic mass is 16.8. The van der Waals surface area contributed by atoms with Gasteiger partial charge in [0.15, 0.2) is 23.7 Å². The van der Waals surface area contributed by atoms with Crippen LogP contribution in [-0.2, 0) is 50.0 Å². The van der Waals surface area contributed by atoms with Crippen LogP contribution in [0.15, 0.2) is 54.3 Å². The second kappa shape index (κ2) is 12.1. The van der Waals surface area contributed by atoms with Crippen molar-refractivity contribution >= 4 is 23.8 Å². The van der Waals surface area contributed by atoms with Crippen molar-refractivity contribution in [3.05, 3.63) is 71.0 Å². The third-order valence-corrected chi connectivity index (χ3v) is 10.4.